The van der Waals surface area contributed by atoms with Gasteiger partial charge in [0.05, 0.1) is 22.3 Å². The fourth-order valence-electron chi connectivity index (χ4n) is 3.50. The van der Waals surface area contributed by atoms with E-state index in [0.29, 0.717) is 45.9 Å². The second-order valence-electron chi connectivity index (χ2n) is 7.22. The van der Waals surface area contributed by atoms with Crippen LogP contribution in [0.5, 0.6) is 0 Å². The van der Waals surface area contributed by atoms with Crippen LogP contribution >= 0.6 is 0 Å². The van der Waals surface area contributed by atoms with Crippen molar-refractivity contribution in [3.05, 3.63) is 64.7 Å². The van der Waals surface area contributed by atoms with Crippen LogP contribution in [0.1, 0.15) is 44.9 Å². The van der Waals surface area contributed by atoms with Gasteiger partial charge >= 0.3 is 0 Å². The summed E-state index contributed by atoms with van der Waals surface area (Å²) in [6.07, 6.45) is 0. The highest BCUT2D eigenvalue weighted by molar-refractivity contribution is 6.13. The molecule has 0 aliphatic carbocycles. The normalized spacial score (nSPS) is 11.0. The Kier molecular flexibility index (Phi) is 5.29. The van der Waals surface area contributed by atoms with E-state index >= 15 is 0 Å². The van der Waals surface area contributed by atoms with Gasteiger partial charge in [-0.2, -0.15) is 0 Å². The number of rotatable bonds is 5. The van der Waals surface area contributed by atoms with Gasteiger partial charge in [0.2, 0.25) is 0 Å². The third-order valence-electron chi connectivity index (χ3n) is 4.90. The molecule has 0 aliphatic heterocycles. The highest BCUT2D eigenvalue weighted by Crippen LogP contribution is 2.30. The standard InChI is InChI=1S/C23H22N4O4/c1-5-24-21(28)15-7-6-8-16(10-15)25-22(29)18-11-19(17-9-12(2)30-14(17)4)26-23-20(18)13(3)27-31-23/h6-11H,5H2,1-4H3,(H,24,28)(H,25,29). The van der Waals surface area contributed by atoms with E-state index in [1.54, 1.807) is 37.3 Å². The zero-order chi connectivity index (χ0) is 22.1. The minimum atomic E-state index is -0.356. The van der Waals surface area contributed by atoms with Gasteiger partial charge in [0.15, 0.2) is 0 Å². The first-order valence-electron chi connectivity index (χ1n) is 9.91. The van der Waals surface area contributed by atoms with Gasteiger partial charge in [-0.3, -0.25) is 9.59 Å². The molecule has 31 heavy (non-hydrogen) atoms. The minimum absolute atomic E-state index is 0.201. The van der Waals surface area contributed by atoms with Gasteiger partial charge in [-0.25, -0.2) is 4.98 Å². The maximum Gasteiger partial charge on any atom is 0.259 e. The first-order valence-corrected chi connectivity index (χ1v) is 9.91. The van der Waals surface area contributed by atoms with Crippen molar-refractivity contribution in [1.29, 1.82) is 0 Å². The van der Waals surface area contributed by atoms with Gasteiger partial charge < -0.3 is 19.6 Å². The van der Waals surface area contributed by atoms with Crippen molar-refractivity contribution in [2.45, 2.75) is 27.7 Å². The lowest BCUT2D eigenvalue weighted by Crippen LogP contribution is -2.22. The Bertz CT molecular complexity index is 1300. The largest absolute Gasteiger partial charge is 0.466 e. The number of furan rings is 1. The minimum Gasteiger partial charge on any atom is -0.466 e. The van der Waals surface area contributed by atoms with Crippen LogP contribution in [0.15, 0.2) is 45.3 Å². The third kappa shape index (κ3) is 3.92. The Morgan fingerprint density at radius 2 is 1.87 bits per heavy atom. The number of nitrogens with one attached hydrogen (secondary N) is 2. The maximum absolute atomic E-state index is 13.2. The average molecular weight is 418 g/mol. The molecule has 0 fully saturated rings. The van der Waals surface area contributed by atoms with E-state index in [0.717, 1.165) is 11.3 Å². The topological polar surface area (TPSA) is 110 Å². The smallest absolute Gasteiger partial charge is 0.259 e. The Hall–Kier alpha value is -3.94. The predicted molar refractivity (Wildman–Crippen MR) is 116 cm³/mol. The maximum atomic E-state index is 13.2. The molecule has 8 nitrogen and oxygen atoms in total. The molecule has 158 valence electrons. The fraction of sp³-hybridized carbons (Fsp3) is 0.217. The SMILES string of the molecule is CCNC(=O)c1cccc(NC(=O)c2cc(-c3cc(C)oc3C)nc3onc(C)c23)c1. The summed E-state index contributed by atoms with van der Waals surface area (Å²) in [4.78, 5) is 29.9. The van der Waals surface area contributed by atoms with Gasteiger partial charge in [-0.1, -0.05) is 11.2 Å². The molecule has 0 unspecified atom stereocenters. The first kappa shape index (κ1) is 20.3. The molecule has 1 aromatic carbocycles. The highest BCUT2D eigenvalue weighted by Gasteiger charge is 2.21. The van der Waals surface area contributed by atoms with Crippen LogP contribution < -0.4 is 10.6 Å². The van der Waals surface area contributed by atoms with Crippen LogP contribution in [-0.2, 0) is 0 Å². The zero-order valence-corrected chi connectivity index (χ0v) is 17.7. The molecule has 0 spiro atoms. The van der Waals surface area contributed by atoms with Gasteiger partial charge in [0.1, 0.15) is 11.5 Å². The summed E-state index contributed by atoms with van der Waals surface area (Å²) in [7, 11) is 0. The third-order valence-corrected chi connectivity index (χ3v) is 4.90. The van der Waals surface area contributed by atoms with Crippen LogP contribution in [0.3, 0.4) is 0 Å². The molecule has 0 saturated carbocycles. The molecule has 4 rings (SSSR count). The van der Waals surface area contributed by atoms with E-state index in [-0.39, 0.29) is 17.5 Å². The van der Waals surface area contributed by atoms with Crippen molar-refractivity contribution < 1.29 is 18.5 Å². The summed E-state index contributed by atoms with van der Waals surface area (Å²) in [5.41, 5.74) is 3.51. The number of aryl methyl sites for hydroxylation is 3. The number of hydrogen-bond acceptors (Lipinski definition) is 6. The Labute approximate surface area is 178 Å². The summed E-state index contributed by atoms with van der Waals surface area (Å²) < 4.78 is 11.0. The number of fused-ring (bicyclic) bond motifs is 1. The summed E-state index contributed by atoms with van der Waals surface area (Å²) in [6.45, 7) is 7.81. The number of pyridine rings is 1. The number of carbonyl (C=O) groups excluding carboxylic acids is 2. The molecule has 0 bridgehead atoms. The van der Waals surface area contributed by atoms with Crippen molar-refractivity contribution in [2.75, 3.05) is 11.9 Å². The molecule has 0 aliphatic rings. The number of aromatic nitrogens is 2. The van der Waals surface area contributed by atoms with Crippen LogP contribution in [0.25, 0.3) is 22.4 Å². The summed E-state index contributed by atoms with van der Waals surface area (Å²) in [5, 5.41) is 10.1. The van der Waals surface area contributed by atoms with Crippen molar-refractivity contribution in [2.24, 2.45) is 0 Å². The molecular formula is C23H22N4O4. The highest BCUT2D eigenvalue weighted by atomic mass is 16.5. The quantitative estimate of drug-likeness (QED) is 0.497. The van der Waals surface area contributed by atoms with Crippen LogP contribution in [0.2, 0.25) is 0 Å². The average Bonchev–Trinajstić information content (AvgIpc) is 3.29. The molecule has 0 saturated heterocycles. The van der Waals surface area contributed by atoms with E-state index in [9.17, 15) is 9.59 Å². The van der Waals surface area contributed by atoms with Crippen LogP contribution in [0.4, 0.5) is 5.69 Å². The monoisotopic (exact) mass is 418 g/mol. The number of hydrogen-bond donors (Lipinski definition) is 2. The number of amides is 2. The zero-order valence-electron chi connectivity index (χ0n) is 17.7. The molecule has 0 radical (unpaired) electrons. The Balaban J connectivity index is 1.74. The van der Waals surface area contributed by atoms with Crippen LogP contribution in [-0.4, -0.2) is 28.5 Å². The first-order chi connectivity index (χ1) is 14.9. The second-order valence-corrected chi connectivity index (χ2v) is 7.22. The molecule has 4 aromatic rings. The van der Waals surface area contributed by atoms with Crippen LogP contribution in [0, 0.1) is 20.8 Å². The summed E-state index contributed by atoms with van der Waals surface area (Å²) in [5.74, 6) is 0.886. The molecule has 2 N–H and O–H groups in total. The molecule has 2 amide bonds. The number of nitrogens with zero attached hydrogens (tertiary/aromatic N) is 2. The summed E-state index contributed by atoms with van der Waals surface area (Å²) >= 11 is 0. The van der Waals surface area contributed by atoms with Gasteiger partial charge in [0.25, 0.3) is 17.5 Å². The summed E-state index contributed by atoms with van der Waals surface area (Å²) in [6, 6.07) is 10.3. The van der Waals surface area contributed by atoms with Crippen molar-refractivity contribution in [3.8, 4) is 11.3 Å². The van der Waals surface area contributed by atoms with Gasteiger partial charge in [0, 0.05) is 23.4 Å². The lowest BCUT2D eigenvalue weighted by molar-refractivity contribution is 0.0954. The van der Waals surface area contributed by atoms with E-state index in [4.69, 9.17) is 8.94 Å². The van der Waals surface area contributed by atoms with E-state index in [1.807, 2.05) is 26.8 Å². The lowest BCUT2D eigenvalue weighted by Gasteiger charge is -2.09. The Morgan fingerprint density at radius 3 is 2.58 bits per heavy atom. The van der Waals surface area contributed by atoms with Gasteiger partial charge in [-0.05, 0) is 58.0 Å². The molecule has 0 atom stereocenters. The number of anilines is 1. The predicted octanol–water partition coefficient (Wildman–Crippen LogP) is 4.41. The van der Waals surface area contributed by atoms with Crippen molar-refractivity contribution >= 4 is 28.6 Å². The molecule has 3 heterocycles. The molecule has 8 heteroatoms. The van der Waals surface area contributed by atoms with E-state index < -0.39 is 0 Å². The van der Waals surface area contributed by atoms with E-state index in [2.05, 4.69) is 20.8 Å². The second kappa shape index (κ2) is 8.06. The molecular weight excluding hydrogens is 396 g/mol. The number of carbonyl (C=O) groups is 2. The van der Waals surface area contributed by atoms with Gasteiger partial charge in [-0.15, -0.1) is 0 Å². The van der Waals surface area contributed by atoms with Crippen molar-refractivity contribution in [3.63, 3.8) is 0 Å². The van der Waals surface area contributed by atoms with Crippen molar-refractivity contribution in [1.82, 2.24) is 15.5 Å². The number of benzene rings is 1. The van der Waals surface area contributed by atoms with E-state index in [1.165, 1.54) is 0 Å². The fourth-order valence-corrected chi connectivity index (χ4v) is 3.50. The lowest BCUT2D eigenvalue weighted by atomic mass is 10.0. The Morgan fingerprint density at radius 1 is 1.06 bits per heavy atom. The molecule has 3 aromatic heterocycles.